The predicted molar refractivity (Wildman–Crippen MR) is 113 cm³/mol. The minimum absolute atomic E-state index is 0.280. The van der Waals surface area contributed by atoms with Gasteiger partial charge in [-0.2, -0.15) is 0 Å². The Kier molecular flexibility index (Phi) is 14.8. The highest BCUT2D eigenvalue weighted by molar-refractivity contribution is 6.45. The first-order valence-electron chi connectivity index (χ1n) is 10.4. The molecule has 3 rings (SSSR count). The van der Waals surface area contributed by atoms with Crippen LogP contribution in [0.15, 0.2) is 24.6 Å². The molecular weight excluding hydrogens is 309 g/mol. The molecule has 0 aromatic heterocycles. The highest BCUT2D eigenvalue weighted by atomic mass is 16.2. The molecule has 0 aromatic rings. The van der Waals surface area contributed by atoms with Gasteiger partial charge < -0.3 is 20.5 Å². The van der Waals surface area contributed by atoms with E-state index in [1.807, 2.05) is 40.7 Å². The second-order valence-electron chi connectivity index (χ2n) is 6.42. The van der Waals surface area contributed by atoms with Crippen LogP contribution in [0.25, 0.3) is 0 Å². The van der Waals surface area contributed by atoms with Crippen molar-refractivity contribution in [3.63, 3.8) is 0 Å². The van der Waals surface area contributed by atoms with Gasteiger partial charge in [-0.25, -0.2) is 0 Å². The zero-order chi connectivity index (χ0) is 19.0. The number of hydrogen-bond donors (Lipinski definition) is 3. The molecule has 1 saturated heterocycles. The standard InChI is InChI=1S/C10H19BN2O.C6H11N.2C2H6/c1-11(14)13-8-4-10(5-9-13)2-6-12-7-3-10;1-2-4-6-7-5-3-1;2*1-2/h2,6,12,14H,3-5,7-9H2,1H3;3,5,7H,1-2,4,6H2;2*1-2H3. The van der Waals surface area contributed by atoms with E-state index in [4.69, 9.17) is 0 Å². The Labute approximate surface area is 157 Å². The lowest BCUT2D eigenvalue weighted by Gasteiger charge is -2.42. The van der Waals surface area contributed by atoms with Crippen molar-refractivity contribution in [3.8, 4) is 0 Å². The maximum Gasteiger partial charge on any atom is 0.376 e. The third kappa shape index (κ3) is 9.95. The van der Waals surface area contributed by atoms with Crippen LogP contribution in [0.5, 0.6) is 0 Å². The molecule has 0 saturated carbocycles. The summed E-state index contributed by atoms with van der Waals surface area (Å²) in [5.74, 6) is 0. The summed E-state index contributed by atoms with van der Waals surface area (Å²) in [6.45, 7) is 14.2. The summed E-state index contributed by atoms with van der Waals surface area (Å²) in [6, 6.07) is 0. The lowest BCUT2D eigenvalue weighted by Crippen LogP contribution is -2.47. The second kappa shape index (κ2) is 15.3. The van der Waals surface area contributed by atoms with Gasteiger partial charge in [0, 0.05) is 13.1 Å². The number of rotatable bonds is 1. The van der Waals surface area contributed by atoms with Crippen LogP contribution in [0.3, 0.4) is 0 Å². The van der Waals surface area contributed by atoms with Crippen molar-refractivity contribution in [1.82, 2.24) is 15.4 Å². The Morgan fingerprint density at radius 3 is 2.12 bits per heavy atom. The molecule has 0 aliphatic carbocycles. The molecule has 1 fully saturated rings. The van der Waals surface area contributed by atoms with Crippen LogP contribution < -0.4 is 10.6 Å². The van der Waals surface area contributed by atoms with Crippen LogP contribution in [0, 0.1) is 5.41 Å². The van der Waals surface area contributed by atoms with E-state index in [0.29, 0.717) is 5.41 Å². The first-order chi connectivity index (χ1) is 12.2. The third-order valence-corrected chi connectivity index (χ3v) is 4.82. The van der Waals surface area contributed by atoms with E-state index in [-0.39, 0.29) is 7.05 Å². The Morgan fingerprint density at radius 2 is 1.56 bits per heavy atom. The summed E-state index contributed by atoms with van der Waals surface area (Å²) in [4.78, 5) is 2.15. The van der Waals surface area contributed by atoms with Gasteiger partial charge in [-0.15, -0.1) is 0 Å². The van der Waals surface area contributed by atoms with Gasteiger partial charge in [0.05, 0.1) is 0 Å². The molecule has 25 heavy (non-hydrogen) atoms. The van der Waals surface area contributed by atoms with Crippen LogP contribution >= 0.6 is 0 Å². The van der Waals surface area contributed by atoms with E-state index in [1.165, 1.54) is 38.5 Å². The molecule has 3 aliphatic heterocycles. The molecule has 5 heteroatoms. The Balaban J connectivity index is 0.000000441. The lowest BCUT2D eigenvalue weighted by atomic mass is 9.71. The molecule has 3 aliphatic rings. The highest BCUT2D eigenvalue weighted by Crippen LogP contribution is 2.37. The van der Waals surface area contributed by atoms with Crippen molar-refractivity contribution in [2.45, 2.75) is 73.0 Å². The summed E-state index contributed by atoms with van der Waals surface area (Å²) in [7, 11) is -0.280. The number of nitrogens with one attached hydrogen (secondary N) is 2. The van der Waals surface area contributed by atoms with Gasteiger partial charge in [0.15, 0.2) is 0 Å². The molecule has 0 atom stereocenters. The number of hydrogen-bond acceptors (Lipinski definition) is 4. The number of piperidine rings is 1. The minimum Gasteiger partial charge on any atom is -0.437 e. The SMILES string of the molecule is C1=CNCCCC1.CB(O)N1CCC2(C=CNCC2)CC1.CC.CC. The van der Waals surface area contributed by atoms with Gasteiger partial charge in [0.2, 0.25) is 0 Å². The van der Waals surface area contributed by atoms with E-state index in [0.717, 1.165) is 26.2 Å². The first-order valence-corrected chi connectivity index (χ1v) is 10.4. The summed E-state index contributed by atoms with van der Waals surface area (Å²) in [5.41, 5.74) is 0.427. The first kappa shape index (κ1) is 24.1. The molecule has 0 bridgehead atoms. The normalized spacial score (nSPS) is 20.9. The van der Waals surface area contributed by atoms with Gasteiger partial charge in [-0.1, -0.05) is 39.8 Å². The number of nitrogens with zero attached hydrogens (tertiary/aromatic N) is 1. The molecule has 3 N–H and O–H groups in total. The van der Waals surface area contributed by atoms with E-state index in [9.17, 15) is 5.02 Å². The van der Waals surface area contributed by atoms with Crippen LogP contribution in [0.4, 0.5) is 0 Å². The maximum atomic E-state index is 9.46. The fraction of sp³-hybridized carbons (Fsp3) is 0.800. The van der Waals surface area contributed by atoms with E-state index in [1.54, 1.807) is 0 Å². The summed E-state index contributed by atoms with van der Waals surface area (Å²) in [6.07, 6.45) is 16.2. The largest absolute Gasteiger partial charge is 0.437 e. The number of allylic oxidation sites excluding steroid dienone is 2. The zero-order valence-corrected chi connectivity index (χ0v) is 17.4. The molecule has 0 aromatic carbocycles. The van der Waals surface area contributed by atoms with Gasteiger partial charge in [-0.3, -0.25) is 0 Å². The summed E-state index contributed by atoms with van der Waals surface area (Å²) < 4.78 is 0. The molecular formula is C20H42BN3O. The third-order valence-electron chi connectivity index (χ3n) is 4.82. The monoisotopic (exact) mass is 351 g/mol. The van der Waals surface area contributed by atoms with Crippen LogP contribution in [-0.4, -0.2) is 43.1 Å². The maximum absolute atomic E-state index is 9.46. The molecule has 4 nitrogen and oxygen atoms in total. The fourth-order valence-corrected chi connectivity index (χ4v) is 3.22. The lowest BCUT2D eigenvalue weighted by molar-refractivity contribution is 0.174. The molecule has 0 radical (unpaired) electrons. The molecule has 1 spiro atoms. The smallest absolute Gasteiger partial charge is 0.376 e. The van der Waals surface area contributed by atoms with Crippen molar-refractivity contribution in [3.05, 3.63) is 24.6 Å². The topological polar surface area (TPSA) is 47.5 Å². The van der Waals surface area contributed by atoms with Gasteiger partial charge in [0.1, 0.15) is 0 Å². The Bertz CT molecular complexity index is 343. The fourth-order valence-electron chi connectivity index (χ4n) is 3.22. The van der Waals surface area contributed by atoms with Crippen LogP contribution in [0.1, 0.15) is 66.2 Å². The molecule has 0 unspecified atom stereocenters. The average Bonchev–Trinajstić information content (AvgIpc) is 3.00. The Morgan fingerprint density at radius 1 is 0.920 bits per heavy atom. The van der Waals surface area contributed by atoms with Gasteiger partial charge in [-0.05, 0) is 76.3 Å². The van der Waals surface area contributed by atoms with E-state index in [2.05, 4.69) is 33.8 Å². The van der Waals surface area contributed by atoms with Crippen molar-refractivity contribution >= 4 is 7.05 Å². The van der Waals surface area contributed by atoms with Gasteiger partial charge in [0.25, 0.3) is 0 Å². The predicted octanol–water partition coefficient (Wildman–Crippen LogP) is 4.01. The van der Waals surface area contributed by atoms with E-state index < -0.39 is 0 Å². The molecule has 146 valence electrons. The van der Waals surface area contributed by atoms with Crippen molar-refractivity contribution < 1.29 is 5.02 Å². The average molecular weight is 351 g/mol. The van der Waals surface area contributed by atoms with Crippen molar-refractivity contribution in [2.75, 3.05) is 26.2 Å². The van der Waals surface area contributed by atoms with Crippen LogP contribution in [-0.2, 0) is 0 Å². The minimum atomic E-state index is -0.280. The Hall–Kier alpha value is -0.935. The quantitative estimate of drug-likeness (QED) is 0.625. The molecule has 0 amide bonds. The van der Waals surface area contributed by atoms with Gasteiger partial charge >= 0.3 is 7.05 Å². The highest BCUT2D eigenvalue weighted by Gasteiger charge is 2.34. The van der Waals surface area contributed by atoms with Crippen LogP contribution in [0.2, 0.25) is 6.82 Å². The summed E-state index contributed by atoms with van der Waals surface area (Å²) in [5, 5.41) is 15.9. The summed E-state index contributed by atoms with van der Waals surface area (Å²) >= 11 is 0. The zero-order valence-electron chi connectivity index (χ0n) is 17.4. The van der Waals surface area contributed by atoms with Crippen molar-refractivity contribution in [2.24, 2.45) is 5.41 Å². The molecule has 3 heterocycles. The second-order valence-corrected chi connectivity index (χ2v) is 6.42. The van der Waals surface area contributed by atoms with Crippen molar-refractivity contribution in [1.29, 1.82) is 0 Å². The van der Waals surface area contributed by atoms with E-state index >= 15 is 0 Å².